The zero-order chi connectivity index (χ0) is 10.6. The van der Waals surface area contributed by atoms with Gasteiger partial charge in [-0.3, -0.25) is 0 Å². The Bertz CT molecular complexity index is 369. The quantitative estimate of drug-likeness (QED) is 0.547. The van der Waals surface area contributed by atoms with Gasteiger partial charge in [0.15, 0.2) is 0 Å². The first-order valence-electron chi connectivity index (χ1n) is 3.45. The third kappa shape index (κ3) is 3.28. The number of nitrogens with zero attached hydrogens (tertiary/aromatic N) is 1. The minimum absolute atomic E-state index is 0.0572. The number of benzene rings is 1. The maximum Gasteiger partial charge on any atom is 0.573 e. The van der Waals surface area contributed by atoms with Crippen molar-refractivity contribution >= 4 is 11.8 Å². The zero-order valence-electron chi connectivity index (χ0n) is 6.71. The molecule has 3 nitrogen and oxygen atoms in total. The van der Waals surface area contributed by atoms with E-state index in [4.69, 9.17) is 0 Å². The van der Waals surface area contributed by atoms with Crippen molar-refractivity contribution in [1.82, 2.24) is 0 Å². The number of alkyl halides is 3. The fraction of sp³-hybridized carbons (Fsp3) is 0.125. The maximum absolute atomic E-state index is 11.7. The van der Waals surface area contributed by atoms with Crippen LogP contribution in [0, 0.1) is 0 Å². The molecule has 1 rings (SSSR count). The summed E-state index contributed by atoms with van der Waals surface area (Å²) in [6.07, 6.45) is -3.53. The molecule has 0 aromatic heterocycles. The molecule has 0 saturated heterocycles. The van der Waals surface area contributed by atoms with Crippen molar-refractivity contribution in [1.29, 1.82) is 0 Å². The van der Waals surface area contributed by atoms with Crippen LogP contribution in [0.1, 0.15) is 0 Å². The second-order valence-electron chi connectivity index (χ2n) is 2.25. The number of isocyanates is 1. The van der Waals surface area contributed by atoms with Gasteiger partial charge in [-0.1, -0.05) is 6.07 Å². The lowest BCUT2D eigenvalue weighted by Gasteiger charge is -2.08. The summed E-state index contributed by atoms with van der Waals surface area (Å²) in [6.45, 7) is 0. The summed E-state index contributed by atoms with van der Waals surface area (Å²) < 4.78 is 38.8. The molecule has 0 bridgehead atoms. The molecule has 1 aromatic carbocycles. The summed E-state index contributed by atoms with van der Waals surface area (Å²) >= 11 is 0. The topological polar surface area (TPSA) is 38.7 Å². The van der Waals surface area contributed by atoms with Crippen LogP contribution in [0.4, 0.5) is 18.9 Å². The molecule has 0 aliphatic rings. The Balaban J connectivity index is 2.89. The first kappa shape index (κ1) is 10.3. The molecule has 0 N–H and O–H groups in total. The first-order valence-corrected chi connectivity index (χ1v) is 3.45. The third-order valence-corrected chi connectivity index (χ3v) is 1.23. The fourth-order valence-electron chi connectivity index (χ4n) is 0.803. The number of hydrogen-bond acceptors (Lipinski definition) is 3. The Labute approximate surface area is 76.8 Å². The molecule has 0 fully saturated rings. The molecule has 0 aliphatic heterocycles. The van der Waals surface area contributed by atoms with E-state index in [0.717, 1.165) is 12.1 Å². The van der Waals surface area contributed by atoms with Crippen LogP contribution in [0.5, 0.6) is 5.75 Å². The van der Waals surface area contributed by atoms with E-state index in [1.807, 2.05) is 0 Å². The number of rotatable bonds is 2. The van der Waals surface area contributed by atoms with Crippen molar-refractivity contribution in [2.24, 2.45) is 4.99 Å². The molecule has 0 unspecified atom stereocenters. The molecule has 6 heteroatoms. The largest absolute Gasteiger partial charge is 0.573 e. The second-order valence-corrected chi connectivity index (χ2v) is 2.25. The van der Waals surface area contributed by atoms with Gasteiger partial charge in [0.25, 0.3) is 0 Å². The lowest BCUT2D eigenvalue weighted by molar-refractivity contribution is -0.274. The van der Waals surface area contributed by atoms with Crippen LogP contribution in [-0.2, 0) is 4.79 Å². The van der Waals surface area contributed by atoms with E-state index in [1.165, 1.54) is 18.2 Å². The van der Waals surface area contributed by atoms with Crippen molar-refractivity contribution in [2.75, 3.05) is 0 Å². The van der Waals surface area contributed by atoms with Gasteiger partial charge in [-0.2, -0.15) is 4.99 Å². The van der Waals surface area contributed by atoms with Gasteiger partial charge in [0.2, 0.25) is 6.08 Å². The Morgan fingerprint density at radius 3 is 2.64 bits per heavy atom. The van der Waals surface area contributed by atoms with E-state index in [0.29, 0.717) is 0 Å². The van der Waals surface area contributed by atoms with Crippen molar-refractivity contribution in [3.63, 3.8) is 0 Å². The van der Waals surface area contributed by atoms with Gasteiger partial charge in [-0.15, -0.1) is 13.2 Å². The fourth-order valence-corrected chi connectivity index (χ4v) is 0.803. The summed E-state index contributed by atoms with van der Waals surface area (Å²) in [5.41, 5.74) is 0.0572. The smallest absolute Gasteiger partial charge is 0.406 e. The lowest BCUT2D eigenvalue weighted by Crippen LogP contribution is -2.16. The normalized spacial score (nSPS) is 10.5. The van der Waals surface area contributed by atoms with Crippen LogP contribution in [0.2, 0.25) is 0 Å². The van der Waals surface area contributed by atoms with Crippen LogP contribution >= 0.6 is 0 Å². The molecule has 0 spiro atoms. The number of ether oxygens (including phenoxy) is 1. The highest BCUT2D eigenvalue weighted by atomic mass is 19.4. The van der Waals surface area contributed by atoms with E-state index in [9.17, 15) is 18.0 Å². The van der Waals surface area contributed by atoms with Crippen molar-refractivity contribution in [2.45, 2.75) is 6.36 Å². The molecule has 0 atom stereocenters. The molecule has 1 aromatic rings. The molecule has 74 valence electrons. The van der Waals surface area contributed by atoms with E-state index < -0.39 is 12.1 Å². The standard InChI is InChI=1S/C8H4F3NO2/c9-8(10,11)14-7-3-1-2-6(4-7)12-5-13/h1-4H. The predicted molar refractivity (Wildman–Crippen MR) is 40.9 cm³/mol. The molecule has 0 radical (unpaired) electrons. The second kappa shape index (κ2) is 3.93. The number of aliphatic imine (C=N–C) groups is 1. The Hall–Kier alpha value is -1.81. The number of hydrogen-bond donors (Lipinski definition) is 0. The molecular formula is C8H4F3NO2. The molecule has 0 aliphatic carbocycles. The van der Waals surface area contributed by atoms with Gasteiger partial charge >= 0.3 is 6.36 Å². The highest BCUT2D eigenvalue weighted by Crippen LogP contribution is 2.25. The molecular weight excluding hydrogens is 199 g/mol. The van der Waals surface area contributed by atoms with Gasteiger partial charge in [0.05, 0.1) is 5.69 Å². The van der Waals surface area contributed by atoms with Crippen molar-refractivity contribution < 1.29 is 22.7 Å². The number of carbonyl (C=O) groups excluding carboxylic acids is 1. The highest BCUT2D eigenvalue weighted by Gasteiger charge is 2.31. The Morgan fingerprint density at radius 1 is 1.36 bits per heavy atom. The van der Waals surface area contributed by atoms with Gasteiger partial charge in [-0.25, -0.2) is 4.79 Å². The summed E-state index contributed by atoms with van der Waals surface area (Å²) in [7, 11) is 0. The summed E-state index contributed by atoms with van der Waals surface area (Å²) in [6, 6.07) is 4.74. The minimum Gasteiger partial charge on any atom is -0.406 e. The van der Waals surface area contributed by atoms with Crippen LogP contribution in [-0.4, -0.2) is 12.4 Å². The molecule has 0 amide bonds. The zero-order valence-corrected chi connectivity index (χ0v) is 6.71. The highest BCUT2D eigenvalue weighted by molar-refractivity contribution is 5.51. The lowest BCUT2D eigenvalue weighted by atomic mass is 10.3. The maximum atomic E-state index is 11.7. The molecule has 0 heterocycles. The van der Waals surface area contributed by atoms with E-state index in [-0.39, 0.29) is 5.69 Å². The van der Waals surface area contributed by atoms with E-state index in [2.05, 4.69) is 9.73 Å². The third-order valence-electron chi connectivity index (χ3n) is 1.23. The summed E-state index contributed by atoms with van der Waals surface area (Å²) in [5.74, 6) is -0.422. The van der Waals surface area contributed by atoms with Gasteiger partial charge in [-0.05, 0) is 12.1 Å². The van der Waals surface area contributed by atoms with Crippen LogP contribution in [0.15, 0.2) is 29.3 Å². The van der Waals surface area contributed by atoms with Gasteiger partial charge in [0.1, 0.15) is 5.75 Å². The monoisotopic (exact) mass is 203 g/mol. The van der Waals surface area contributed by atoms with Gasteiger partial charge < -0.3 is 4.74 Å². The minimum atomic E-state index is -4.75. The summed E-state index contributed by atoms with van der Waals surface area (Å²) in [5, 5.41) is 0. The SMILES string of the molecule is O=C=Nc1cccc(OC(F)(F)F)c1. The average molecular weight is 203 g/mol. The van der Waals surface area contributed by atoms with E-state index >= 15 is 0 Å². The van der Waals surface area contributed by atoms with Crippen LogP contribution < -0.4 is 4.74 Å². The van der Waals surface area contributed by atoms with Crippen molar-refractivity contribution in [3.05, 3.63) is 24.3 Å². The van der Waals surface area contributed by atoms with Crippen LogP contribution in [0.25, 0.3) is 0 Å². The van der Waals surface area contributed by atoms with Gasteiger partial charge in [0, 0.05) is 6.07 Å². The Kier molecular flexibility index (Phi) is 2.89. The predicted octanol–water partition coefficient (Wildman–Crippen LogP) is 2.55. The summed E-state index contributed by atoms with van der Waals surface area (Å²) in [4.78, 5) is 13.0. The molecule has 0 saturated carbocycles. The van der Waals surface area contributed by atoms with E-state index in [1.54, 1.807) is 0 Å². The van der Waals surface area contributed by atoms with Crippen molar-refractivity contribution in [3.8, 4) is 5.75 Å². The average Bonchev–Trinajstić information content (AvgIpc) is 2.02. The first-order chi connectivity index (χ1) is 6.51. The molecule has 14 heavy (non-hydrogen) atoms. The van der Waals surface area contributed by atoms with Crippen LogP contribution in [0.3, 0.4) is 0 Å². The Morgan fingerprint density at radius 2 is 2.07 bits per heavy atom. The number of halogens is 3.